The van der Waals surface area contributed by atoms with Crippen molar-refractivity contribution in [2.24, 2.45) is 0 Å². The van der Waals surface area contributed by atoms with E-state index in [0.717, 1.165) is 77.0 Å². The number of quaternary nitrogens is 1. The Morgan fingerprint density at radius 3 is 1.41 bits per heavy atom. The molecule has 8 heteroatoms. The largest absolute Gasteiger partial charge is 0.477 e. The average Bonchev–Trinajstić information content (AvgIpc) is 3.26. The number of carbonyl (C=O) groups is 3. The Bertz CT molecular complexity index is 1590. The van der Waals surface area contributed by atoms with Crippen LogP contribution in [0.2, 0.25) is 0 Å². The number of aliphatic carboxylic acids is 1. The molecule has 0 aromatic rings. The zero-order chi connectivity index (χ0) is 47.0. The fourth-order valence-electron chi connectivity index (χ4n) is 5.78. The van der Waals surface area contributed by atoms with Crippen molar-refractivity contribution in [1.82, 2.24) is 0 Å². The fourth-order valence-corrected chi connectivity index (χ4v) is 5.78. The zero-order valence-corrected chi connectivity index (χ0v) is 40.2. The number of hydrogen-bond acceptors (Lipinski definition) is 6. The minimum Gasteiger partial charge on any atom is -0.477 e. The van der Waals surface area contributed by atoms with Crippen molar-refractivity contribution >= 4 is 17.9 Å². The lowest BCUT2D eigenvalue weighted by Crippen LogP contribution is -2.50. The summed E-state index contributed by atoms with van der Waals surface area (Å²) in [6.07, 6.45) is 67.2. The van der Waals surface area contributed by atoms with Gasteiger partial charge in [0, 0.05) is 19.3 Å². The van der Waals surface area contributed by atoms with Crippen LogP contribution >= 0.6 is 0 Å². The summed E-state index contributed by atoms with van der Waals surface area (Å²) in [5.41, 5.74) is 0. The van der Waals surface area contributed by atoms with E-state index >= 15 is 0 Å². The number of hydrogen-bond donors (Lipinski definition) is 1. The second kappa shape index (κ2) is 44.6. The number of nitrogens with zero attached hydrogens (tertiary/aromatic N) is 1. The van der Waals surface area contributed by atoms with Crippen LogP contribution < -0.4 is 0 Å². The van der Waals surface area contributed by atoms with Crippen molar-refractivity contribution in [3.8, 4) is 0 Å². The molecule has 0 heterocycles. The number of carbonyl (C=O) groups excluding carboxylic acids is 2. The first-order valence-corrected chi connectivity index (χ1v) is 23.6. The predicted molar refractivity (Wildman–Crippen MR) is 270 cm³/mol. The van der Waals surface area contributed by atoms with E-state index in [-0.39, 0.29) is 49.1 Å². The van der Waals surface area contributed by atoms with Gasteiger partial charge in [-0.3, -0.25) is 9.59 Å². The standard InChI is InChI=1S/C56H83NO7/c1-6-8-10-12-14-16-18-20-22-24-26-27-29-30-32-34-36-38-40-42-44-46-54(58)63-51-52(50-62-49-48-53(56(60)61)57(3,4)5)64-55(59)47-45-43-41-39-37-35-33-31-28-25-23-21-19-17-15-13-11-9-7-2/h8-11,13-17,19-23,25-28,30-33,35-38,52-53H,6-7,12,18,24,29,34,39-51H2,1-5H3/p+1/b10-8+,11-9+,15-13+,16-14+,19-17+,22-20+,23-21+,27-26+,28-25+,32-30+,33-31+,37-35+,38-36+. The first kappa shape index (κ1) is 58.9. The second-order valence-electron chi connectivity index (χ2n) is 16.1. The van der Waals surface area contributed by atoms with Crippen LogP contribution in [0.15, 0.2) is 158 Å². The minimum absolute atomic E-state index is 0.0147. The molecule has 0 aliphatic heterocycles. The maximum Gasteiger partial charge on any atom is 0.362 e. The third-order valence-electron chi connectivity index (χ3n) is 9.37. The van der Waals surface area contributed by atoms with E-state index in [0.29, 0.717) is 19.3 Å². The zero-order valence-electron chi connectivity index (χ0n) is 40.2. The van der Waals surface area contributed by atoms with Crippen LogP contribution in [0.1, 0.15) is 123 Å². The Balaban J connectivity index is 4.54. The molecule has 0 aliphatic rings. The van der Waals surface area contributed by atoms with Crippen LogP contribution in [0.3, 0.4) is 0 Å². The predicted octanol–water partition coefficient (Wildman–Crippen LogP) is 13.5. The SMILES string of the molecule is CC/C=C/C=C/C=C/C=C/C=C/C=C/C=C/CCCCCC(=O)OC(COCCC(C(=O)O)[N+](C)(C)C)COC(=O)CCCC/C=C/C/C=C/C/C=C/C/C=C/C/C=C/C/C=C/CC. The summed E-state index contributed by atoms with van der Waals surface area (Å²) in [5, 5.41) is 9.64. The molecule has 64 heavy (non-hydrogen) atoms. The summed E-state index contributed by atoms with van der Waals surface area (Å²) in [7, 11) is 5.48. The van der Waals surface area contributed by atoms with Gasteiger partial charge in [0.25, 0.3) is 0 Å². The second-order valence-corrected chi connectivity index (χ2v) is 16.1. The van der Waals surface area contributed by atoms with Crippen molar-refractivity contribution in [2.45, 2.75) is 135 Å². The summed E-state index contributed by atoms with van der Waals surface area (Å²) in [6.45, 7) is 4.34. The van der Waals surface area contributed by atoms with Gasteiger partial charge in [0.15, 0.2) is 12.1 Å². The molecule has 0 aliphatic carbocycles. The summed E-state index contributed by atoms with van der Waals surface area (Å²) in [6, 6.07) is -0.643. The molecule has 0 saturated heterocycles. The van der Waals surface area contributed by atoms with Gasteiger partial charge >= 0.3 is 17.9 Å². The van der Waals surface area contributed by atoms with Gasteiger partial charge in [0.1, 0.15) is 6.61 Å². The van der Waals surface area contributed by atoms with Gasteiger partial charge in [0.05, 0.1) is 34.4 Å². The van der Waals surface area contributed by atoms with Crippen molar-refractivity contribution in [1.29, 1.82) is 0 Å². The third kappa shape index (κ3) is 42.3. The molecule has 0 fully saturated rings. The highest BCUT2D eigenvalue weighted by molar-refractivity contribution is 5.72. The smallest absolute Gasteiger partial charge is 0.362 e. The summed E-state index contributed by atoms with van der Waals surface area (Å²) in [5.74, 6) is -1.61. The Kier molecular flexibility index (Phi) is 41.0. The van der Waals surface area contributed by atoms with Crippen molar-refractivity contribution in [3.63, 3.8) is 0 Å². The molecule has 8 nitrogen and oxygen atoms in total. The van der Waals surface area contributed by atoms with Crippen LogP contribution in [0.4, 0.5) is 0 Å². The van der Waals surface area contributed by atoms with Gasteiger partial charge in [-0.05, 0) is 83.5 Å². The molecule has 0 aromatic heterocycles. The highest BCUT2D eigenvalue weighted by Gasteiger charge is 2.31. The van der Waals surface area contributed by atoms with Gasteiger partial charge in [-0.1, -0.05) is 178 Å². The topological polar surface area (TPSA) is 99.1 Å². The van der Waals surface area contributed by atoms with Crippen molar-refractivity contribution in [2.75, 3.05) is 41.0 Å². The molecule has 354 valence electrons. The monoisotopic (exact) mass is 883 g/mol. The van der Waals surface area contributed by atoms with Crippen LogP contribution in [-0.2, 0) is 28.6 Å². The molecule has 0 rings (SSSR count). The molecular formula is C56H84NO7+. The van der Waals surface area contributed by atoms with Crippen LogP contribution in [0.25, 0.3) is 0 Å². The van der Waals surface area contributed by atoms with Gasteiger partial charge in [0.2, 0.25) is 0 Å². The quantitative estimate of drug-likeness (QED) is 0.0216. The van der Waals surface area contributed by atoms with Gasteiger partial charge in [-0.25, -0.2) is 4.79 Å². The van der Waals surface area contributed by atoms with Crippen LogP contribution in [0.5, 0.6) is 0 Å². The molecule has 0 saturated carbocycles. The van der Waals surface area contributed by atoms with E-state index in [1.54, 1.807) is 0 Å². The average molecular weight is 883 g/mol. The van der Waals surface area contributed by atoms with Gasteiger partial charge in [-0.15, -0.1) is 0 Å². The first-order valence-electron chi connectivity index (χ1n) is 23.6. The third-order valence-corrected chi connectivity index (χ3v) is 9.37. The van der Waals surface area contributed by atoms with Crippen molar-refractivity contribution in [3.05, 3.63) is 158 Å². The van der Waals surface area contributed by atoms with E-state index < -0.39 is 18.1 Å². The number of rotatable bonds is 39. The highest BCUT2D eigenvalue weighted by Crippen LogP contribution is 2.11. The fraction of sp³-hybridized carbons (Fsp3) is 0.482. The molecule has 0 radical (unpaired) electrons. The summed E-state index contributed by atoms with van der Waals surface area (Å²) < 4.78 is 17.2. The molecule has 0 spiro atoms. The number of carboxylic acid groups (broad SMARTS) is 1. The van der Waals surface area contributed by atoms with E-state index in [2.05, 4.69) is 98.9 Å². The Labute approximate surface area is 388 Å². The molecule has 2 atom stereocenters. The number of carboxylic acids is 1. The number of likely N-dealkylation sites (N-methyl/N-ethyl adjacent to an activating group) is 1. The number of esters is 2. The maximum atomic E-state index is 12.8. The lowest BCUT2D eigenvalue weighted by Gasteiger charge is -2.31. The number of allylic oxidation sites excluding steroid dienone is 26. The van der Waals surface area contributed by atoms with E-state index in [4.69, 9.17) is 14.2 Å². The van der Waals surface area contributed by atoms with Gasteiger partial charge in [-0.2, -0.15) is 0 Å². The molecule has 2 unspecified atom stereocenters. The molecule has 1 N–H and O–H groups in total. The molecular weight excluding hydrogens is 799 g/mol. The van der Waals surface area contributed by atoms with Gasteiger partial charge < -0.3 is 23.8 Å². The normalized spacial score (nSPS) is 14.3. The Hall–Kier alpha value is -5.05. The number of unbranched alkanes of at least 4 members (excludes halogenated alkanes) is 5. The van der Waals surface area contributed by atoms with Crippen molar-refractivity contribution < 1.29 is 38.2 Å². The lowest BCUT2D eigenvalue weighted by molar-refractivity contribution is -0.887. The maximum absolute atomic E-state index is 12.8. The summed E-state index contributed by atoms with van der Waals surface area (Å²) >= 11 is 0. The summed E-state index contributed by atoms with van der Waals surface area (Å²) in [4.78, 5) is 37.1. The lowest BCUT2D eigenvalue weighted by atomic mass is 10.1. The van der Waals surface area contributed by atoms with E-state index in [1.165, 1.54) is 0 Å². The molecule has 0 amide bonds. The first-order chi connectivity index (χ1) is 31.1. The Morgan fingerprint density at radius 2 is 0.906 bits per heavy atom. The molecule has 0 aromatic carbocycles. The molecule has 0 bridgehead atoms. The van der Waals surface area contributed by atoms with E-state index in [1.807, 2.05) is 94.1 Å². The van der Waals surface area contributed by atoms with Crippen LogP contribution in [0, 0.1) is 0 Å². The number of ether oxygens (including phenoxy) is 3. The van der Waals surface area contributed by atoms with E-state index in [9.17, 15) is 19.5 Å². The minimum atomic E-state index is -0.898. The highest BCUT2D eigenvalue weighted by atomic mass is 16.6. The Morgan fingerprint density at radius 1 is 0.484 bits per heavy atom. The van der Waals surface area contributed by atoms with Crippen LogP contribution in [-0.4, -0.2) is 80.6 Å².